The van der Waals surface area contributed by atoms with Crippen molar-refractivity contribution in [2.45, 2.75) is 33.1 Å². The Hall–Kier alpha value is -1.69. The second kappa shape index (κ2) is 7.79. The molecule has 0 spiro atoms. The third kappa shape index (κ3) is 4.16. The van der Waals surface area contributed by atoms with Crippen LogP contribution < -0.4 is 5.32 Å². The SMILES string of the molecule is CCc1nnc(NCCCN(C)C)c(C(=O)O)c1CC. The highest BCUT2D eigenvalue weighted by atomic mass is 16.4. The molecule has 0 atom stereocenters. The molecule has 0 saturated carbocycles. The van der Waals surface area contributed by atoms with Gasteiger partial charge in [0, 0.05) is 6.54 Å². The second-order valence-electron chi connectivity index (χ2n) is 4.94. The highest BCUT2D eigenvalue weighted by Gasteiger charge is 2.19. The average molecular weight is 280 g/mol. The van der Waals surface area contributed by atoms with E-state index in [0.29, 0.717) is 25.2 Å². The molecule has 6 heteroatoms. The van der Waals surface area contributed by atoms with Crippen molar-refractivity contribution < 1.29 is 9.90 Å². The number of hydrogen-bond donors (Lipinski definition) is 2. The molecule has 0 amide bonds. The van der Waals surface area contributed by atoms with Crippen LogP contribution in [-0.4, -0.2) is 53.4 Å². The van der Waals surface area contributed by atoms with Crippen LogP contribution in [0.1, 0.15) is 41.9 Å². The van der Waals surface area contributed by atoms with Crippen LogP contribution in [0.15, 0.2) is 0 Å². The van der Waals surface area contributed by atoms with Gasteiger partial charge in [-0.15, -0.1) is 5.10 Å². The summed E-state index contributed by atoms with van der Waals surface area (Å²) >= 11 is 0. The first-order chi connectivity index (χ1) is 9.51. The summed E-state index contributed by atoms with van der Waals surface area (Å²) in [6.45, 7) is 5.52. The maximum absolute atomic E-state index is 11.5. The second-order valence-corrected chi connectivity index (χ2v) is 4.94. The largest absolute Gasteiger partial charge is 0.478 e. The number of nitrogens with zero attached hydrogens (tertiary/aromatic N) is 3. The third-order valence-electron chi connectivity index (χ3n) is 3.13. The minimum absolute atomic E-state index is 0.268. The molecule has 0 aliphatic carbocycles. The molecule has 2 N–H and O–H groups in total. The van der Waals surface area contributed by atoms with Crippen molar-refractivity contribution in [2.24, 2.45) is 0 Å². The minimum Gasteiger partial charge on any atom is -0.478 e. The molecule has 0 bridgehead atoms. The summed E-state index contributed by atoms with van der Waals surface area (Å²) in [5, 5.41) is 20.7. The lowest BCUT2D eigenvalue weighted by atomic mass is 10.0. The van der Waals surface area contributed by atoms with Crippen LogP contribution in [0.5, 0.6) is 0 Å². The van der Waals surface area contributed by atoms with Crippen LogP contribution in [0.3, 0.4) is 0 Å². The molecular weight excluding hydrogens is 256 g/mol. The lowest BCUT2D eigenvalue weighted by Crippen LogP contribution is -2.19. The van der Waals surface area contributed by atoms with Crippen LogP contribution in [0.4, 0.5) is 5.82 Å². The summed E-state index contributed by atoms with van der Waals surface area (Å²) in [4.78, 5) is 13.6. The topological polar surface area (TPSA) is 78.4 Å². The Morgan fingerprint density at radius 2 is 1.95 bits per heavy atom. The van der Waals surface area contributed by atoms with Crippen molar-refractivity contribution >= 4 is 11.8 Å². The summed E-state index contributed by atoms with van der Waals surface area (Å²) in [7, 11) is 4.02. The molecule has 1 aromatic rings. The maximum Gasteiger partial charge on any atom is 0.339 e. The number of aromatic nitrogens is 2. The Kier molecular flexibility index (Phi) is 6.38. The number of nitrogens with one attached hydrogen (secondary N) is 1. The van der Waals surface area contributed by atoms with E-state index in [4.69, 9.17) is 0 Å². The van der Waals surface area contributed by atoms with Gasteiger partial charge < -0.3 is 15.3 Å². The van der Waals surface area contributed by atoms with Gasteiger partial charge in [0.2, 0.25) is 0 Å². The van der Waals surface area contributed by atoms with E-state index in [1.54, 1.807) is 0 Å². The number of carboxylic acid groups (broad SMARTS) is 1. The summed E-state index contributed by atoms with van der Waals surface area (Å²) in [5.41, 5.74) is 1.82. The average Bonchev–Trinajstić information content (AvgIpc) is 2.41. The fraction of sp³-hybridized carbons (Fsp3) is 0.643. The van der Waals surface area contributed by atoms with Crippen molar-refractivity contribution in [1.29, 1.82) is 0 Å². The smallest absolute Gasteiger partial charge is 0.339 e. The van der Waals surface area contributed by atoms with E-state index in [0.717, 1.165) is 24.2 Å². The van der Waals surface area contributed by atoms with Crippen molar-refractivity contribution in [3.05, 3.63) is 16.8 Å². The molecule has 0 aliphatic heterocycles. The van der Waals surface area contributed by atoms with Gasteiger partial charge in [0.15, 0.2) is 5.82 Å². The number of carboxylic acids is 1. The first kappa shape index (κ1) is 16.4. The van der Waals surface area contributed by atoms with Crippen molar-refractivity contribution in [3.8, 4) is 0 Å². The van der Waals surface area contributed by atoms with Gasteiger partial charge in [-0.3, -0.25) is 0 Å². The molecule has 1 rings (SSSR count). The summed E-state index contributed by atoms with van der Waals surface area (Å²) < 4.78 is 0. The number of aromatic carboxylic acids is 1. The van der Waals surface area contributed by atoms with E-state index in [2.05, 4.69) is 20.4 Å². The zero-order chi connectivity index (χ0) is 15.1. The molecule has 0 radical (unpaired) electrons. The predicted octanol–water partition coefficient (Wildman–Crippen LogP) is 1.66. The van der Waals surface area contributed by atoms with Gasteiger partial charge in [0.05, 0.1) is 5.69 Å². The lowest BCUT2D eigenvalue weighted by molar-refractivity contribution is 0.0696. The van der Waals surface area contributed by atoms with Gasteiger partial charge in [-0.25, -0.2) is 4.79 Å². The Morgan fingerprint density at radius 1 is 1.25 bits per heavy atom. The monoisotopic (exact) mass is 280 g/mol. The van der Waals surface area contributed by atoms with E-state index in [9.17, 15) is 9.90 Å². The standard InChI is InChI=1S/C14H24N4O2/c1-5-10-11(6-2)16-17-13(12(10)14(19)20)15-8-7-9-18(3)4/h5-9H2,1-4H3,(H,15,17)(H,19,20). The van der Waals surface area contributed by atoms with Gasteiger partial charge in [-0.1, -0.05) is 13.8 Å². The molecule has 6 nitrogen and oxygen atoms in total. The molecule has 0 unspecified atom stereocenters. The molecule has 0 fully saturated rings. The molecule has 112 valence electrons. The Balaban J connectivity index is 2.92. The molecule has 20 heavy (non-hydrogen) atoms. The van der Waals surface area contributed by atoms with Gasteiger partial charge in [0.25, 0.3) is 0 Å². The quantitative estimate of drug-likeness (QED) is 0.705. The Morgan fingerprint density at radius 3 is 2.45 bits per heavy atom. The van der Waals surface area contributed by atoms with Crippen LogP contribution in [0.2, 0.25) is 0 Å². The number of anilines is 1. The van der Waals surface area contributed by atoms with Crippen molar-refractivity contribution in [2.75, 3.05) is 32.5 Å². The highest BCUT2D eigenvalue weighted by Crippen LogP contribution is 2.20. The number of carbonyl (C=O) groups is 1. The summed E-state index contributed by atoms with van der Waals surface area (Å²) in [6.07, 6.45) is 2.26. The molecule has 0 saturated heterocycles. The van der Waals surface area contributed by atoms with Crippen molar-refractivity contribution in [1.82, 2.24) is 15.1 Å². The van der Waals surface area contributed by atoms with Crippen LogP contribution >= 0.6 is 0 Å². The highest BCUT2D eigenvalue weighted by molar-refractivity contribution is 5.95. The van der Waals surface area contributed by atoms with Crippen molar-refractivity contribution in [3.63, 3.8) is 0 Å². The number of aryl methyl sites for hydroxylation is 1. The van der Waals surface area contributed by atoms with Gasteiger partial charge in [0.1, 0.15) is 5.56 Å². The van der Waals surface area contributed by atoms with Crippen LogP contribution in [0, 0.1) is 0 Å². The normalized spacial score (nSPS) is 10.8. The summed E-state index contributed by atoms with van der Waals surface area (Å²) in [6, 6.07) is 0. The Bertz CT molecular complexity index is 461. The minimum atomic E-state index is -0.943. The molecule has 1 aromatic heterocycles. The maximum atomic E-state index is 11.5. The molecule has 0 aromatic carbocycles. The lowest BCUT2D eigenvalue weighted by Gasteiger charge is -2.14. The van der Waals surface area contributed by atoms with Gasteiger partial charge >= 0.3 is 5.97 Å². The summed E-state index contributed by atoms with van der Waals surface area (Å²) in [5.74, 6) is -0.563. The fourth-order valence-electron chi connectivity index (χ4n) is 2.13. The molecule has 0 aliphatic rings. The first-order valence-corrected chi connectivity index (χ1v) is 7.01. The van der Waals surface area contributed by atoms with Crippen LogP contribution in [-0.2, 0) is 12.8 Å². The third-order valence-corrected chi connectivity index (χ3v) is 3.13. The molecule has 1 heterocycles. The zero-order valence-electron chi connectivity index (χ0n) is 12.7. The predicted molar refractivity (Wildman–Crippen MR) is 79.4 cm³/mol. The zero-order valence-corrected chi connectivity index (χ0v) is 12.7. The Labute approximate surface area is 120 Å². The van der Waals surface area contributed by atoms with Gasteiger partial charge in [-0.2, -0.15) is 5.10 Å². The van der Waals surface area contributed by atoms with E-state index in [-0.39, 0.29) is 5.56 Å². The number of hydrogen-bond acceptors (Lipinski definition) is 5. The van der Waals surface area contributed by atoms with E-state index in [1.807, 2.05) is 27.9 Å². The van der Waals surface area contributed by atoms with E-state index >= 15 is 0 Å². The number of rotatable bonds is 8. The van der Waals surface area contributed by atoms with Gasteiger partial charge in [-0.05, 0) is 45.5 Å². The molecular formula is C14H24N4O2. The van der Waals surface area contributed by atoms with Crippen LogP contribution in [0.25, 0.3) is 0 Å². The first-order valence-electron chi connectivity index (χ1n) is 7.01. The van der Waals surface area contributed by atoms with E-state index in [1.165, 1.54) is 0 Å². The fourth-order valence-corrected chi connectivity index (χ4v) is 2.13. The van der Waals surface area contributed by atoms with E-state index < -0.39 is 5.97 Å².